The first-order valence-electron chi connectivity index (χ1n) is 6.49. The Bertz CT molecular complexity index is 390. The SMILES string of the molecule is NNC(c1ccc(Cl)cc1)C1CC2CCC1C2. The van der Waals surface area contributed by atoms with E-state index in [9.17, 15) is 0 Å². The molecule has 2 saturated carbocycles. The fourth-order valence-electron chi connectivity index (χ4n) is 3.84. The number of rotatable bonds is 3. The quantitative estimate of drug-likeness (QED) is 0.638. The van der Waals surface area contributed by atoms with Crippen LogP contribution in [0.1, 0.15) is 37.3 Å². The van der Waals surface area contributed by atoms with Crippen molar-refractivity contribution < 1.29 is 0 Å². The van der Waals surface area contributed by atoms with Crippen molar-refractivity contribution in [1.82, 2.24) is 5.43 Å². The monoisotopic (exact) mass is 250 g/mol. The number of halogens is 1. The van der Waals surface area contributed by atoms with E-state index in [1.165, 1.54) is 31.2 Å². The molecule has 1 aromatic rings. The first-order valence-corrected chi connectivity index (χ1v) is 6.87. The predicted molar refractivity (Wildman–Crippen MR) is 70.5 cm³/mol. The zero-order valence-electron chi connectivity index (χ0n) is 9.90. The molecule has 2 fully saturated rings. The van der Waals surface area contributed by atoms with Crippen LogP contribution in [-0.2, 0) is 0 Å². The minimum atomic E-state index is 0.294. The number of hydrogen-bond donors (Lipinski definition) is 2. The summed E-state index contributed by atoms with van der Waals surface area (Å²) in [5, 5.41) is 0.789. The normalized spacial score (nSPS) is 32.9. The maximum atomic E-state index is 5.93. The van der Waals surface area contributed by atoms with E-state index >= 15 is 0 Å². The fraction of sp³-hybridized carbons (Fsp3) is 0.571. The van der Waals surface area contributed by atoms with Gasteiger partial charge in [0.05, 0.1) is 0 Å². The van der Waals surface area contributed by atoms with Crippen molar-refractivity contribution in [1.29, 1.82) is 0 Å². The van der Waals surface area contributed by atoms with Gasteiger partial charge in [0.2, 0.25) is 0 Å². The Morgan fingerprint density at radius 1 is 1.18 bits per heavy atom. The Hall–Kier alpha value is -0.570. The molecule has 0 amide bonds. The molecule has 92 valence electrons. The van der Waals surface area contributed by atoms with Crippen molar-refractivity contribution in [2.24, 2.45) is 23.6 Å². The summed E-state index contributed by atoms with van der Waals surface area (Å²) in [6, 6.07) is 8.39. The molecule has 0 aromatic heterocycles. The highest BCUT2D eigenvalue weighted by Crippen LogP contribution is 2.52. The molecule has 2 bridgehead atoms. The molecule has 0 spiro atoms. The number of hydrazine groups is 1. The topological polar surface area (TPSA) is 38.0 Å². The third kappa shape index (κ3) is 2.10. The molecule has 0 radical (unpaired) electrons. The van der Waals surface area contributed by atoms with Gasteiger partial charge < -0.3 is 0 Å². The number of benzene rings is 1. The summed E-state index contributed by atoms with van der Waals surface area (Å²) in [5.74, 6) is 8.30. The van der Waals surface area contributed by atoms with Gasteiger partial charge in [0.15, 0.2) is 0 Å². The third-order valence-corrected chi connectivity index (χ3v) is 4.88. The van der Waals surface area contributed by atoms with Gasteiger partial charge in [-0.3, -0.25) is 11.3 Å². The van der Waals surface area contributed by atoms with Gasteiger partial charge in [-0.2, -0.15) is 0 Å². The average molecular weight is 251 g/mol. The Balaban J connectivity index is 1.81. The minimum Gasteiger partial charge on any atom is -0.271 e. The standard InChI is InChI=1S/C14H19ClN2/c15-12-5-3-10(4-6-12)14(17-16)13-8-9-1-2-11(13)7-9/h3-6,9,11,13-14,17H,1-2,7-8,16H2. The lowest BCUT2D eigenvalue weighted by Crippen LogP contribution is -2.35. The molecule has 0 aliphatic heterocycles. The Morgan fingerprint density at radius 3 is 2.47 bits per heavy atom. The molecule has 3 rings (SSSR count). The van der Waals surface area contributed by atoms with Crippen LogP contribution >= 0.6 is 11.6 Å². The molecular weight excluding hydrogens is 232 g/mol. The number of nitrogens with one attached hydrogen (secondary N) is 1. The van der Waals surface area contributed by atoms with E-state index in [0.29, 0.717) is 12.0 Å². The van der Waals surface area contributed by atoms with E-state index in [0.717, 1.165) is 16.9 Å². The molecule has 1 aromatic carbocycles. The Labute approximate surface area is 108 Å². The maximum Gasteiger partial charge on any atom is 0.0490 e. The molecule has 3 heteroatoms. The van der Waals surface area contributed by atoms with Crippen molar-refractivity contribution in [3.05, 3.63) is 34.9 Å². The van der Waals surface area contributed by atoms with Crippen molar-refractivity contribution in [3.8, 4) is 0 Å². The first-order chi connectivity index (χ1) is 8.28. The van der Waals surface area contributed by atoms with Crippen LogP contribution < -0.4 is 11.3 Å². The average Bonchev–Trinajstić information content (AvgIpc) is 2.95. The van der Waals surface area contributed by atoms with Gasteiger partial charge in [0, 0.05) is 11.1 Å². The maximum absolute atomic E-state index is 5.93. The number of fused-ring (bicyclic) bond motifs is 2. The summed E-state index contributed by atoms with van der Waals surface area (Å²) in [6.07, 6.45) is 5.57. The molecule has 2 nitrogen and oxygen atoms in total. The molecule has 4 atom stereocenters. The van der Waals surface area contributed by atoms with Gasteiger partial charge in [-0.15, -0.1) is 0 Å². The van der Waals surface area contributed by atoms with Crippen LogP contribution in [0.3, 0.4) is 0 Å². The molecule has 4 unspecified atom stereocenters. The van der Waals surface area contributed by atoms with Crippen LogP contribution in [0.25, 0.3) is 0 Å². The van der Waals surface area contributed by atoms with Crippen LogP contribution in [0, 0.1) is 17.8 Å². The molecule has 2 aliphatic carbocycles. The second-order valence-corrected chi connectivity index (χ2v) is 5.97. The van der Waals surface area contributed by atoms with Crippen molar-refractivity contribution >= 4 is 11.6 Å². The number of nitrogens with two attached hydrogens (primary N) is 1. The van der Waals surface area contributed by atoms with E-state index in [4.69, 9.17) is 17.4 Å². The summed E-state index contributed by atoms with van der Waals surface area (Å²) in [7, 11) is 0. The summed E-state index contributed by atoms with van der Waals surface area (Å²) >= 11 is 5.93. The highest BCUT2D eigenvalue weighted by atomic mass is 35.5. The fourth-order valence-corrected chi connectivity index (χ4v) is 3.97. The zero-order valence-corrected chi connectivity index (χ0v) is 10.7. The Kier molecular flexibility index (Phi) is 3.12. The predicted octanol–water partition coefficient (Wildman–Crippen LogP) is 3.28. The van der Waals surface area contributed by atoms with E-state index in [-0.39, 0.29) is 0 Å². The second-order valence-electron chi connectivity index (χ2n) is 5.53. The van der Waals surface area contributed by atoms with Crippen LogP contribution in [0.15, 0.2) is 24.3 Å². The van der Waals surface area contributed by atoms with E-state index in [2.05, 4.69) is 17.6 Å². The van der Waals surface area contributed by atoms with Gasteiger partial charge in [0.1, 0.15) is 0 Å². The largest absolute Gasteiger partial charge is 0.271 e. The molecule has 3 N–H and O–H groups in total. The highest BCUT2D eigenvalue weighted by Gasteiger charge is 2.43. The zero-order chi connectivity index (χ0) is 11.8. The smallest absolute Gasteiger partial charge is 0.0490 e. The van der Waals surface area contributed by atoms with Gasteiger partial charge in [0.25, 0.3) is 0 Å². The molecule has 0 saturated heterocycles. The molecule has 2 aliphatic rings. The number of hydrogen-bond acceptors (Lipinski definition) is 2. The highest BCUT2D eigenvalue weighted by molar-refractivity contribution is 6.30. The van der Waals surface area contributed by atoms with Crippen molar-refractivity contribution in [3.63, 3.8) is 0 Å². The van der Waals surface area contributed by atoms with Crippen LogP contribution in [-0.4, -0.2) is 0 Å². The minimum absolute atomic E-state index is 0.294. The van der Waals surface area contributed by atoms with E-state index < -0.39 is 0 Å². The van der Waals surface area contributed by atoms with Crippen LogP contribution in [0.5, 0.6) is 0 Å². The lowest BCUT2D eigenvalue weighted by molar-refractivity contribution is 0.252. The van der Waals surface area contributed by atoms with E-state index in [1.54, 1.807) is 0 Å². The van der Waals surface area contributed by atoms with Gasteiger partial charge in [-0.05, 0) is 54.7 Å². The molecule has 17 heavy (non-hydrogen) atoms. The van der Waals surface area contributed by atoms with Crippen molar-refractivity contribution in [2.45, 2.75) is 31.7 Å². The van der Waals surface area contributed by atoms with E-state index in [1.807, 2.05) is 12.1 Å². The molecular formula is C14H19ClN2. The Morgan fingerprint density at radius 2 is 1.94 bits per heavy atom. The molecule has 0 heterocycles. The summed E-state index contributed by atoms with van der Waals surface area (Å²) in [6.45, 7) is 0. The van der Waals surface area contributed by atoms with Crippen LogP contribution in [0.2, 0.25) is 5.02 Å². The van der Waals surface area contributed by atoms with Gasteiger partial charge >= 0.3 is 0 Å². The summed E-state index contributed by atoms with van der Waals surface area (Å²) in [4.78, 5) is 0. The lowest BCUT2D eigenvalue weighted by atomic mass is 9.81. The second kappa shape index (κ2) is 4.60. The lowest BCUT2D eigenvalue weighted by Gasteiger charge is -2.30. The van der Waals surface area contributed by atoms with Crippen LogP contribution in [0.4, 0.5) is 0 Å². The van der Waals surface area contributed by atoms with Gasteiger partial charge in [-0.1, -0.05) is 30.2 Å². The summed E-state index contributed by atoms with van der Waals surface area (Å²) < 4.78 is 0. The van der Waals surface area contributed by atoms with Crippen molar-refractivity contribution in [2.75, 3.05) is 0 Å². The van der Waals surface area contributed by atoms with Gasteiger partial charge in [-0.25, -0.2) is 0 Å². The summed E-state index contributed by atoms with van der Waals surface area (Å²) in [5.41, 5.74) is 4.29. The first kappa shape index (κ1) is 11.5. The third-order valence-electron chi connectivity index (χ3n) is 4.63.